The highest BCUT2D eigenvalue weighted by atomic mass is 35.5. The zero-order valence-electron chi connectivity index (χ0n) is 19.2. The van der Waals surface area contributed by atoms with Gasteiger partial charge in [0.05, 0.1) is 24.5 Å². The highest BCUT2D eigenvalue weighted by Gasteiger charge is 2.18. The van der Waals surface area contributed by atoms with Crippen molar-refractivity contribution < 1.29 is 17.9 Å². The molecule has 0 aromatic heterocycles. The summed E-state index contributed by atoms with van der Waals surface area (Å²) in [5.41, 5.74) is 2.32. The number of benzene rings is 3. The summed E-state index contributed by atoms with van der Waals surface area (Å²) in [7, 11) is -3.52. The molecule has 34 heavy (non-hydrogen) atoms. The van der Waals surface area contributed by atoms with Gasteiger partial charge in [-0.05, 0) is 72.8 Å². The molecule has 180 valence electrons. The van der Waals surface area contributed by atoms with Crippen LogP contribution in [-0.4, -0.2) is 33.4 Å². The van der Waals surface area contributed by atoms with Crippen molar-refractivity contribution in [3.63, 3.8) is 0 Å². The van der Waals surface area contributed by atoms with Gasteiger partial charge in [-0.1, -0.05) is 35.9 Å². The maximum Gasteiger partial charge on any atom is 0.258 e. The summed E-state index contributed by atoms with van der Waals surface area (Å²) < 4.78 is 31.6. The van der Waals surface area contributed by atoms with E-state index in [1.807, 2.05) is 37.4 Å². The number of thioether (sulfide) groups is 1. The van der Waals surface area contributed by atoms with Gasteiger partial charge in [-0.15, -0.1) is 11.8 Å². The van der Waals surface area contributed by atoms with Crippen LogP contribution in [-0.2, 0) is 21.4 Å². The van der Waals surface area contributed by atoms with Gasteiger partial charge in [-0.2, -0.15) is 0 Å². The lowest BCUT2D eigenvalue weighted by Gasteiger charge is -2.23. The Morgan fingerprint density at radius 3 is 2.21 bits per heavy atom. The molecule has 1 unspecified atom stereocenters. The van der Waals surface area contributed by atoms with Gasteiger partial charge in [0.15, 0.2) is 6.61 Å². The minimum Gasteiger partial charge on any atom is -0.484 e. The monoisotopic (exact) mass is 518 g/mol. The van der Waals surface area contributed by atoms with E-state index in [1.54, 1.807) is 60.3 Å². The van der Waals surface area contributed by atoms with E-state index in [-0.39, 0.29) is 25.1 Å². The highest BCUT2D eigenvalue weighted by Crippen LogP contribution is 2.24. The first kappa shape index (κ1) is 25.9. The van der Waals surface area contributed by atoms with Crippen molar-refractivity contribution in [1.82, 2.24) is 5.32 Å². The van der Waals surface area contributed by atoms with Crippen LogP contribution in [0.5, 0.6) is 5.75 Å². The normalized spacial score (nSPS) is 12.1. The quantitative estimate of drug-likeness (QED) is 0.369. The lowest BCUT2D eigenvalue weighted by Crippen LogP contribution is -2.31. The Morgan fingerprint density at radius 1 is 1.03 bits per heavy atom. The number of carbonyl (C=O) groups excluding carboxylic acids is 1. The second kappa shape index (κ2) is 11.6. The average Bonchev–Trinajstić information content (AvgIpc) is 2.82. The molecule has 0 heterocycles. The predicted molar refractivity (Wildman–Crippen MR) is 139 cm³/mol. The van der Waals surface area contributed by atoms with Crippen LogP contribution in [0, 0.1) is 0 Å². The van der Waals surface area contributed by atoms with E-state index in [2.05, 4.69) is 5.32 Å². The lowest BCUT2D eigenvalue weighted by atomic mass is 10.1. The molecule has 3 aromatic carbocycles. The fraction of sp³-hybridized carbons (Fsp3) is 0.240. The van der Waals surface area contributed by atoms with Gasteiger partial charge in [0.2, 0.25) is 10.0 Å². The maximum absolute atomic E-state index is 12.4. The Bertz CT molecular complexity index is 1200. The molecule has 3 rings (SSSR count). The number of sulfonamides is 1. The number of hydrogen-bond donors (Lipinski definition) is 1. The molecule has 0 saturated carbocycles. The standard InChI is InChI=1S/C25H27ClN2O4S2/c1-18(20-6-14-24(33-2)15-7-20)27-25(29)17-32-23-12-10-22(11-13-23)28(34(3,30)31)16-19-4-8-21(26)9-5-19/h4-15,18H,16-17H2,1-3H3,(H,27,29). The third kappa shape index (κ3) is 7.41. The molecule has 3 aromatic rings. The van der Waals surface area contributed by atoms with Gasteiger partial charge in [0, 0.05) is 9.92 Å². The second-order valence-electron chi connectivity index (χ2n) is 7.74. The summed E-state index contributed by atoms with van der Waals surface area (Å²) in [6.45, 7) is 1.95. The van der Waals surface area contributed by atoms with Crippen LogP contribution in [0.15, 0.2) is 77.7 Å². The zero-order valence-corrected chi connectivity index (χ0v) is 21.6. The molecule has 0 aliphatic carbocycles. The number of amides is 1. The van der Waals surface area contributed by atoms with Crippen LogP contribution in [0.2, 0.25) is 5.02 Å². The second-order valence-corrected chi connectivity index (χ2v) is 11.0. The molecule has 0 bridgehead atoms. The Morgan fingerprint density at radius 2 is 1.65 bits per heavy atom. The molecule has 0 fully saturated rings. The molecule has 0 aliphatic heterocycles. The molecule has 1 amide bonds. The molecular formula is C25H27ClN2O4S2. The summed E-state index contributed by atoms with van der Waals surface area (Å²) in [6.07, 6.45) is 3.18. The van der Waals surface area contributed by atoms with Gasteiger partial charge in [0.1, 0.15) is 5.75 Å². The van der Waals surface area contributed by atoms with Crippen molar-refractivity contribution in [3.8, 4) is 5.75 Å². The number of nitrogens with zero attached hydrogens (tertiary/aromatic N) is 1. The van der Waals surface area contributed by atoms with Crippen LogP contribution in [0.3, 0.4) is 0 Å². The predicted octanol–water partition coefficient (Wildman–Crippen LogP) is 5.28. The largest absolute Gasteiger partial charge is 0.484 e. The Hall–Kier alpha value is -2.68. The number of carbonyl (C=O) groups is 1. The van der Waals surface area contributed by atoms with Crippen LogP contribution in [0.4, 0.5) is 5.69 Å². The highest BCUT2D eigenvalue weighted by molar-refractivity contribution is 7.98. The van der Waals surface area contributed by atoms with Gasteiger partial charge in [-0.3, -0.25) is 9.10 Å². The molecule has 1 atom stereocenters. The van der Waals surface area contributed by atoms with Crippen molar-refractivity contribution in [2.75, 3.05) is 23.4 Å². The molecule has 9 heteroatoms. The molecule has 1 N–H and O–H groups in total. The molecule has 0 spiro atoms. The molecule has 6 nitrogen and oxygen atoms in total. The van der Waals surface area contributed by atoms with E-state index >= 15 is 0 Å². The SMILES string of the molecule is CSc1ccc(C(C)NC(=O)COc2ccc(N(Cc3ccc(Cl)cc3)S(C)(=O)=O)cc2)cc1. The Labute approximate surface area is 210 Å². The number of rotatable bonds is 10. The van der Waals surface area contributed by atoms with E-state index < -0.39 is 10.0 Å². The van der Waals surface area contributed by atoms with Gasteiger partial charge >= 0.3 is 0 Å². The van der Waals surface area contributed by atoms with E-state index in [0.29, 0.717) is 16.5 Å². The number of ether oxygens (including phenoxy) is 1. The molecular weight excluding hydrogens is 492 g/mol. The van der Waals surface area contributed by atoms with E-state index in [0.717, 1.165) is 22.3 Å². The summed E-state index contributed by atoms with van der Waals surface area (Å²) in [5, 5.41) is 3.50. The summed E-state index contributed by atoms with van der Waals surface area (Å²) >= 11 is 7.58. The first-order chi connectivity index (χ1) is 16.2. The fourth-order valence-electron chi connectivity index (χ4n) is 3.27. The van der Waals surface area contributed by atoms with E-state index in [1.165, 1.54) is 4.31 Å². The van der Waals surface area contributed by atoms with Crippen molar-refractivity contribution in [1.29, 1.82) is 0 Å². The van der Waals surface area contributed by atoms with Crippen molar-refractivity contribution in [2.45, 2.75) is 24.4 Å². The zero-order chi connectivity index (χ0) is 24.7. The summed E-state index contributed by atoms with van der Waals surface area (Å²) in [4.78, 5) is 13.5. The van der Waals surface area contributed by atoms with E-state index in [4.69, 9.17) is 16.3 Å². The van der Waals surface area contributed by atoms with Crippen molar-refractivity contribution in [2.24, 2.45) is 0 Å². The van der Waals surface area contributed by atoms with Gasteiger partial charge < -0.3 is 10.1 Å². The van der Waals surface area contributed by atoms with Gasteiger partial charge in [0.25, 0.3) is 5.91 Å². The number of nitrogens with one attached hydrogen (secondary N) is 1. The number of anilines is 1. The fourth-order valence-corrected chi connectivity index (χ4v) is 4.69. The van der Waals surface area contributed by atoms with Crippen molar-refractivity contribution >= 4 is 45.0 Å². The van der Waals surface area contributed by atoms with Crippen LogP contribution in [0.1, 0.15) is 24.1 Å². The summed E-state index contributed by atoms with van der Waals surface area (Å²) in [5.74, 6) is 0.224. The number of halogens is 1. The Balaban J connectivity index is 1.59. The Kier molecular flexibility index (Phi) is 8.88. The minimum absolute atomic E-state index is 0.146. The average molecular weight is 519 g/mol. The minimum atomic E-state index is -3.52. The van der Waals surface area contributed by atoms with Crippen LogP contribution in [0.25, 0.3) is 0 Å². The molecule has 0 aliphatic rings. The first-order valence-corrected chi connectivity index (χ1v) is 14.0. The topological polar surface area (TPSA) is 75.7 Å². The lowest BCUT2D eigenvalue weighted by molar-refractivity contribution is -0.123. The first-order valence-electron chi connectivity index (χ1n) is 10.5. The van der Waals surface area contributed by atoms with E-state index in [9.17, 15) is 13.2 Å². The van der Waals surface area contributed by atoms with Crippen LogP contribution >= 0.6 is 23.4 Å². The molecule has 0 saturated heterocycles. The van der Waals surface area contributed by atoms with Crippen molar-refractivity contribution in [3.05, 3.63) is 88.9 Å². The summed E-state index contributed by atoms with van der Waals surface area (Å²) in [6, 6.07) is 21.5. The molecule has 0 radical (unpaired) electrons. The van der Waals surface area contributed by atoms with Gasteiger partial charge in [-0.25, -0.2) is 8.42 Å². The third-order valence-corrected chi connectivity index (χ3v) is 7.26. The number of hydrogen-bond acceptors (Lipinski definition) is 5. The maximum atomic E-state index is 12.4. The van der Waals surface area contributed by atoms with Crippen LogP contribution < -0.4 is 14.4 Å². The third-order valence-electron chi connectivity index (χ3n) is 5.13. The smallest absolute Gasteiger partial charge is 0.258 e.